The van der Waals surface area contributed by atoms with Crippen molar-refractivity contribution in [3.8, 4) is 0 Å². The molecule has 1 atom stereocenters. The number of piperidine rings is 1. The Morgan fingerprint density at radius 3 is 2.52 bits per heavy atom. The summed E-state index contributed by atoms with van der Waals surface area (Å²) in [7, 11) is 0. The van der Waals surface area contributed by atoms with Crippen molar-refractivity contribution < 1.29 is 14.3 Å². The molecule has 1 unspecified atom stereocenters. The highest BCUT2D eigenvalue weighted by molar-refractivity contribution is 6.30. The number of ketones is 1. The Morgan fingerprint density at radius 2 is 1.79 bits per heavy atom. The molecule has 2 heterocycles. The number of Topliss-reactive ketones (excluding diaryl/α,β-unsaturated/α-hetero) is 1. The minimum absolute atomic E-state index is 0.0678. The quantitative estimate of drug-likeness (QED) is 0.450. The van der Waals surface area contributed by atoms with Crippen LogP contribution in [0.4, 0.5) is 4.79 Å². The molecule has 2 aliphatic heterocycles. The minimum atomic E-state index is -0.419. The van der Waals surface area contributed by atoms with Gasteiger partial charge in [0.05, 0.1) is 13.3 Å². The van der Waals surface area contributed by atoms with E-state index < -0.39 is 6.09 Å². The van der Waals surface area contributed by atoms with Gasteiger partial charge in [0.25, 0.3) is 0 Å². The lowest BCUT2D eigenvalue weighted by Crippen LogP contribution is -2.42. The number of carbonyl (C=O) groups is 2. The predicted molar refractivity (Wildman–Crippen MR) is 128 cm³/mol. The van der Waals surface area contributed by atoms with Crippen LogP contribution < -0.4 is 10.7 Å². The molecule has 2 fully saturated rings. The van der Waals surface area contributed by atoms with Crippen LogP contribution in [0.5, 0.6) is 0 Å². The summed E-state index contributed by atoms with van der Waals surface area (Å²) in [4.78, 5) is 27.1. The van der Waals surface area contributed by atoms with E-state index in [4.69, 9.17) is 16.3 Å². The number of carbonyl (C=O) groups excluding carboxylic acids is 2. The predicted octanol–water partition coefficient (Wildman–Crippen LogP) is 3.87. The molecule has 2 saturated heterocycles. The van der Waals surface area contributed by atoms with E-state index in [0.717, 1.165) is 44.5 Å². The zero-order chi connectivity index (χ0) is 23.0. The maximum Gasteiger partial charge on any atom is 0.421 e. The molecule has 0 spiro atoms. The number of likely N-dealkylation sites (tertiary alicyclic amines) is 1. The third kappa shape index (κ3) is 6.77. The van der Waals surface area contributed by atoms with Crippen LogP contribution >= 0.6 is 11.6 Å². The van der Waals surface area contributed by atoms with Gasteiger partial charge >= 0.3 is 6.09 Å². The van der Waals surface area contributed by atoms with Gasteiger partial charge in [-0.1, -0.05) is 41.9 Å². The van der Waals surface area contributed by atoms with Crippen molar-refractivity contribution >= 4 is 23.5 Å². The number of benzene rings is 2. The SMILES string of the molecule is O=C(NN1CNC(c2ccccc2)C1)OCCCN1CCC(C(=O)c2ccc(Cl)cc2)CC1. The Balaban J connectivity index is 1.08. The van der Waals surface area contributed by atoms with Gasteiger partial charge in [-0.15, -0.1) is 0 Å². The van der Waals surface area contributed by atoms with E-state index >= 15 is 0 Å². The number of ether oxygens (including phenoxy) is 1. The van der Waals surface area contributed by atoms with E-state index in [-0.39, 0.29) is 17.7 Å². The number of hydrazine groups is 1. The summed E-state index contributed by atoms with van der Waals surface area (Å²) >= 11 is 5.91. The van der Waals surface area contributed by atoms with Crippen LogP contribution in [0.1, 0.15) is 41.2 Å². The molecule has 176 valence electrons. The van der Waals surface area contributed by atoms with Gasteiger partial charge in [-0.3, -0.25) is 15.5 Å². The average molecular weight is 471 g/mol. The summed E-state index contributed by atoms with van der Waals surface area (Å²) in [5.74, 6) is 0.274. The first-order chi connectivity index (χ1) is 16.1. The summed E-state index contributed by atoms with van der Waals surface area (Å²) in [6.07, 6.45) is 2.06. The lowest BCUT2D eigenvalue weighted by atomic mass is 9.89. The van der Waals surface area contributed by atoms with E-state index in [1.807, 2.05) is 23.2 Å². The lowest BCUT2D eigenvalue weighted by molar-refractivity contribution is 0.0819. The normalized spacial score (nSPS) is 20.0. The van der Waals surface area contributed by atoms with Crippen LogP contribution in [0, 0.1) is 5.92 Å². The highest BCUT2D eigenvalue weighted by Gasteiger charge is 2.26. The molecule has 2 aromatic carbocycles. The Kier molecular flexibility index (Phi) is 8.34. The molecule has 4 rings (SSSR count). The summed E-state index contributed by atoms with van der Waals surface area (Å²) in [6, 6.07) is 17.5. The van der Waals surface area contributed by atoms with Crippen LogP contribution in [0.2, 0.25) is 5.02 Å². The van der Waals surface area contributed by atoms with E-state index in [0.29, 0.717) is 24.8 Å². The molecule has 0 aromatic heterocycles. The fourth-order valence-corrected chi connectivity index (χ4v) is 4.57. The van der Waals surface area contributed by atoms with Crippen LogP contribution in [0.25, 0.3) is 0 Å². The maximum absolute atomic E-state index is 12.7. The second-order valence-electron chi connectivity index (χ2n) is 8.64. The monoisotopic (exact) mass is 470 g/mol. The summed E-state index contributed by atoms with van der Waals surface area (Å²) < 4.78 is 5.35. The first kappa shape index (κ1) is 23.7. The summed E-state index contributed by atoms with van der Waals surface area (Å²) in [5, 5.41) is 5.86. The fraction of sp³-hybridized carbons (Fsp3) is 0.440. The summed E-state index contributed by atoms with van der Waals surface area (Å²) in [6.45, 7) is 4.28. The Bertz CT molecular complexity index is 917. The highest BCUT2D eigenvalue weighted by Crippen LogP contribution is 2.23. The van der Waals surface area contributed by atoms with E-state index in [1.54, 1.807) is 24.3 Å². The molecule has 2 aromatic rings. The molecule has 0 aliphatic carbocycles. The number of nitrogens with one attached hydrogen (secondary N) is 2. The van der Waals surface area contributed by atoms with Gasteiger partial charge in [0, 0.05) is 35.6 Å². The van der Waals surface area contributed by atoms with Crippen molar-refractivity contribution in [3.63, 3.8) is 0 Å². The Morgan fingerprint density at radius 1 is 1.06 bits per heavy atom. The molecular formula is C25H31ClN4O3. The molecule has 8 heteroatoms. The first-order valence-corrected chi connectivity index (χ1v) is 11.9. The Labute approximate surface area is 200 Å². The summed E-state index contributed by atoms with van der Waals surface area (Å²) in [5.41, 5.74) is 4.74. The second-order valence-corrected chi connectivity index (χ2v) is 9.07. The number of rotatable bonds is 8. The van der Waals surface area contributed by atoms with Crippen molar-refractivity contribution in [3.05, 3.63) is 70.7 Å². The zero-order valence-corrected chi connectivity index (χ0v) is 19.5. The lowest BCUT2D eigenvalue weighted by Gasteiger charge is -2.31. The van der Waals surface area contributed by atoms with Crippen LogP contribution in [-0.4, -0.2) is 61.2 Å². The largest absolute Gasteiger partial charge is 0.449 e. The topological polar surface area (TPSA) is 73.9 Å². The smallest absolute Gasteiger partial charge is 0.421 e. The van der Waals surface area contributed by atoms with Crippen molar-refractivity contribution in [1.29, 1.82) is 0 Å². The van der Waals surface area contributed by atoms with Gasteiger partial charge in [-0.25, -0.2) is 9.80 Å². The van der Waals surface area contributed by atoms with Crippen molar-refractivity contribution in [2.45, 2.75) is 25.3 Å². The van der Waals surface area contributed by atoms with Crippen molar-refractivity contribution in [1.82, 2.24) is 20.7 Å². The molecule has 0 bridgehead atoms. The van der Waals surface area contributed by atoms with Crippen LogP contribution in [0.15, 0.2) is 54.6 Å². The molecule has 33 heavy (non-hydrogen) atoms. The zero-order valence-electron chi connectivity index (χ0n) is 18.7. The fourth-order valence-electron chi connectivity index (χ4n) is 4.45. The van der Waals surface area contributed by atoms with Gasteiger partial charge in [0.2, 0.25) is 0 Å². The van der Waals surface area contributed by atoms with E-state index in [1.165, 1.54) is 5.56 Å². The molecule has 0 saturated carbocycles. The van der Waals surface area contributed by atoms with Crippen LogP contribution in [0.3, 0.4) is 0 Å². The number of halogens is 1. The molecule has 1 amide bonds. The maximum atomic E-state index is 12.7. The Hall–Kier alpha value is -2.45. The van der Waals surface area contributed by atoms with Gasteiger partial charge in [-0.2, -0.15) is 0 Å². The molecule has 2 N–H and O–H groups in total. The number of amides is 1. The first-order valence-electron chi connectivity index (χ1n) is 11.6. The van der Waals surface area contributed by atoms with Gasteiger partial charge in [-0.05, 0) is 62.2 Å². The molecular weight excluding hydrogens is 440 g/mol. The van der Waals surface area contributed by atoms with E-state index in [2.05, 4.69) is 27.8 Å². The van der Waals surface area contributed by atoms with Crippen molar-refractivity contribution in [2.75, 3.05) is 39.5 Å². The van der Waals surface area contributed by atoms with Gasteiger partial charge in [0.15, 0.2) is 5.78 Å². The average Bonchev–Trinajstić information content (AvgIpc) is 3.31. The minimum Gasteiger partial charge on any atom is -0.449 e. The third-order valence-corrected chi connectivity index (χ3v) is 6.57. The number of hydrogen-bond donors (Lipinski definition) is 2. The second kappa shape index (κ2) is 11.6. The van der Waals surface area contributed by atoms with Gasteiger partial charge in [0.1, 0.15) is 0 Å². The molecule has 0 radical (unpaired) electrons. The van der Waals surface area contributed by atoms with Crippen molar-refractivity contribution in [2.24, 2.45) is 5.92 Å². The van der Waals surface area contributed by atoms with Crippen LogP contribution in [-0.2, 0) is 4.74 Å². The molecule has 7 nitrogen and oxygen atoms in total. The van der Waals surface area contributed by atoms with E-state index in [9.17, 15) is 9.59 Å². The number of hydrogen-bond acceptors (Lipinski definition) is 6. The third-order valence-electron chi connectivity index (χ3n) is 6.32. The standard InChI is InChI=1S/C25H31ClN4O3/c26-22-9-7-20(8-10-22)24(31)21-11-14-29(15-12-21)13-4-16-33-25(32)28-30-17-23(27-18-30)19-5-2-1-3-6-19/h1-3,5-10,21,23,27H,4,11-18H2,(H,28,32). The molecule has 2 aliphatic rings. The number of nitrogens with zero attached hydrogens (tertiary/aromatic N) is 2. The highest BCUT2D eigenvalue weighted by atomic mass is 35.5. The van der Waals surface area contributed by atoms with Gasteiger partial charge < -0.3 is 9.64 Å².